The summed E-state index contributed by atoms with van der Waals surface area (Å²) in [5, 5.41) is 0. The molecule has 1 heterocycles. The third kappa shape index (κ3) is 3.07. The molecule has 0 spiro atoms. The number of nitrogens with zero attached hydrogens (tertiary/aromatic N) is 1. The van der Waals surface area contributed by atoms with E-state index in [1.807, 2.05) is 24.3 Å². The number of carbonyl (C=O) groups excluding carboxylic acids is 1. The smallest absolute Gasteiger partial charge is 0.240 e. The Bertz CT molecular complexity index is 507. The van der Waals surface area contributed by atoms with Gasteiger partial charge in [0, 0.05) is 12.7 Å². The summed E-state index contributed by atoms with van der Waals surface area (Å²) in [4.78, 5) is 13.5. The summed E-state index contributed by atoms with van der Waals surface area (Å²) in [6.07, 6.45) is 4.49. The number of benzene rings is 1. The summed E-state index contributed by atoms with van der Waals surface area (Å²) in [7, 11) is 1.80. The van der Waals surface area contributed by atoms with E-state index in [2.05, 4.69) is 28.6 Å². The monoisotopic (exact) mass is 321 g/mol. The zero-order valence-corrected chi connectivity index (χ0v) is 12.4. The first-order valence-electron chi connectivity index (χ1n) is 6.09. The van der Waals surface area contributed by atoms with Crippen molar-refractivity contribution in [1.82, 2.24) is 4.90 Å². The van der Waals surface area contributed by atoms with Crippen LogP contribution in [0.25, 0.3) is 5.70 Å². The molecule has 0 saturated heterocycles. The largest absolute Gasteiger partial charge is 0.490 e. The van der Waals surface area contributed by atoms with E-state index in [0.29, 0.717) is 13.0 Å². The van der Waals surface area contributed by atoms with Gasteiger partial charge in [-0.15, -0.1) is 0 Å². The molecule has 0 bridgehead atoms. The van der Waals surface area contributed by atoms with Crippen molar-refractivity contribution >= 4 is 27.5 Å². The quantitative estimate of drug-likeness (QED) is 0.629. The minimum atomic E-state index is -0.114. The van der Waals surface area contributed by atoms with Crippen molar-refractivity contribution in [3.05, 3.63) is 48.6 Å². The predicted octanol–water partition coefficient (Wildman–Crippen LogP) is 3.22. The molecular formula is C15H16BrNO2. The molecule has 1 atom stereocenters. The second-order valence-electron chi connectivity index (χ2n) is 4.31. The van der Waals surface area contributed by atoms with Crippen LogP contribution in [0.2, 0.25) is 0 Å². The van der Waals surface area contributed by atoms with Gasteiger partial charge in [-0.25, -0.2) is 0 Å². The van der Waals surface area contributed by atoms with Crippen molar-refractivity contribution in [2.75, 3.05) is 13.7 Å². The maximum Gasteiger partial charge on any atom is 0.240 e. The first-order chi connectivity index (χ1) is 9.13. The van der Waals surface area contributed by atoms with Crippen LogP contribution >= 0.6 is 15.9 Å². The molecule has 0 N–H and O–H groups in total. The van der Waals surface area contributed by atoms with Crippen molar-refractivity contribution in [3.63, 3.8) is 0 Å². The molecule has 0 aliphatic carbocycles. The summed E-state index contributed by atoms with van der Waals surface area (Å²) >= 11 is 3.37. The zero-order valence-electron chi connectivity index (χ0n) is 10.8. The minimum Gasteiger partial charge on any atom is -0.490 e. The van der Waals surface area contributed by atoms with Gasteiger partial charge in [-0.1, -0.05) is 34.7 Å². The van der Waals surface area contributed by atoms with E-state index in [4.69, 9.17) is 4.74 Å². The zero-order chi connectivity index (χ0) is 13.8. The lowest BCUT2D eigenvalue weighted by Crippen LogP contribution is -2.35. The molecule has 100 valence electrons. The highest BCUT2D eigenvalue weighted by Crippen LogP contribution is 2.28. The van der Waals surface area contributed by atoms with Crippen LogP contribution in [0.1, 0.15) is 12.0 Å². The summed E-state index contributed by atoms with van der Waals surface area (Å²) < 4.78 is 5.44. The molecule has 3 nitrogen and oxygen atoms in total. The number of hydrogen-bond acceptors (Lipinski definition) is 2. The van der Waals surface area contributed by atoms with Gasteiger partial charge >= 0.3 is 0 Å². The Kier molecular flexibility index (Phi) is 4.43. The molecular weight excluding hydrogens is 306 g/mol. The first kappa shape index (κ1) is 13.9. The molecule has 19 heavy (non-hydrogen) atoms. The van der Waals surface area contributed by atoms with Gasteiger partial charge in [0.2, 0.25) is 5.91 Å². The average Bonchev–Trinajstić information content (AvgIpc) is 2.44. The predicted molar refractivity (Wildman–Crippen MR) is 80.2 cm³/mol. The molecule has 1 aromatic carbocycles. The number of ether oxygens (including phenoxy) is 1. The fourth-order valence-corrected chi connectivity index (χ4v) is 2.46. The molecule has 1 amide bonds. The van der Waals surface area contributed by atoms with Gasteiger partial charge in [0.25, 0.3) is 0 Å². The Balaban J connectivity index is 2.18. The SMILES string of the molecule is C=CCOc1ccc(C2=CCC(Br)C(=O)N2C)cc1. The lowest BCUT2D eigenvalue weighted by Gasteiger charge is -2.27. The first-order valence-corrected chi connectivity index (χ1v) is 7.01. The fraction of sp³-hybridized carbons (Fsp3) is 0.267. The summed E-state index contributed by atoms with van der Waals surface area (Å²) in [5.41, 5.74) is 1.96. The van der Waals surface area contributed by atoms with Crippen LogP contribution in [0, 0.1) is 0 Å². The number of rotatable bonds is 4. The molecule has 0 aromatic heterocycles. The van der Waals surface area contributed by atoms with Gasteiger partial charge in [-0.3, -0.25) is 4.79 Å². The number of hydrogen-bond donors (Lipinski definition) is 0. The highest BCUT2D eigenvalue weighted by atomic mass is 79.9. The Morgan fingerprint density at radius 1 is 1.47 bits per heavy atom. The fourth-order valence-electron chi connectivity index (χ4n) is 1.97. The molecule has 0 radical (unpaired) electrons. The second-order valence-corrected chi connectivity index (χ2v) is 5.42. The second kappa shape index (κ2) is 6.06. The highest BCUT2D eigenvalue weighted by molar-refractivity contribution is 9.10. The third-order valence-electron chi connectivity index (χ3n) is 3.00. The van der Waals surface area contributed by atoms with E-state index in [1.54, 1.807) is 18.0 Å². The van der Waals surface area contributed by atoms with Crippen molar-refractivity contribution < 1.29 is 9.53 Å². The van der Waals surface area contributed by atoms with Crippen LogP contribution in [0.4, 0.5) is 0 Å². The van der Waals surface area contributed by atoms with Gasteiger partial charge in [0.1, 0.15) is 12.4 Å². The van der Waals surface area contributed by atoms with E-state index < -0.39 is 0 Å². The maximum atomic E-state index is 11.9. The van der Waals surface area contributed by atoms with Crippen LogP contribution in [-0.2, 0) is 4.79 Å². The summed E-state index contributed by atoms with van der Waals surface area (Å²) in [5.74, 6) is 0.886. The average molecular weight is 322 g/mol. The summed E-state index contributed by atoms with van der Waals surface area (Å²) in [6.45, 7) is 4.10. The van der Waals surface area contributed by atoms with E-state index in [-0.39, 0.29) is 10.7 Å². The minimum absolute atomic E-state index is 0.0875. The highest BCUT2D eigenvalue weighted by Gasteiger charge is 2.26. The molecule has 4 heteroatoms. The number of alkyl halides is 1. The molecule has 1 aliphatic heterocycles. The molecule has 1 unspecified atom stereocenters. The van der Waals surface area contributed by atoms with Crippen LogP contribution in [0.5, 0.6) is 5.75 Å². The molecule has 2 rings (SSSR count). The maximum absolute atomic E-state index is 11.9. The number of halogens is 1. The standard InChI is InChI=1S/C15H16BrNO2/c1-3-10-19-12-6-4-11(5-7-12)14-9-8-13(16)15(18)17(14)2/h3-7,9,13H,1,8,10H2,2H3. The third-order valence-corrected chi connectivity index (χ3v) is 3.76. The molecule has 0 fully saturated rings. The lowest BCUT2D eigenvalue weighted by molar-refractivity contribution is -0.126. The molecule has 1 aromatic rings. The van der Waals surface area contributed by atoms with E-state index in [0.717, 1.165) is 17.0 Å². The Morgan fingerprint density at radius 3 is 2.79 bits per heavy atom. The Hall–Kier alpha value is -1.55. The van der Waals surface area contributed by atoms with Gasteiger partial charge in [0.15, 0.2) is 0 Å². The lowest BCUT2D eigenvalue weighted by atomic mass is 10.0. The Labute approximate surface area is 121 Å². The van der Waals surface area contributed by atoms with Crippen molar-refractivity contribution in [2.45, 2.75) is 11.2 Å². The number of allylic oxidation sites excluding steroid dienone is 1. The number of carbonyl (C=O) groups is 1. The van der Waals surface area contributed by atoms with Gasteiger partial charge in [0.05, 0.1) is 4.83 Å². The molecule has 1 aliphatic rings. The van der Waals surface area contributed by atoms with Crippen molar-refractivity contribution in [2.24, 2.45) is 0 Å². The van der Waals surface area contributed by atoms with E-state index in [1.165, 1.54) is 0 Å². The normalized spacial score (nSPS) is 19.1. The van der Waals surface area contributed by atoms with Crippen LogP contribution in [-0.4, -0.2) is 29.3 Å². The summed E-state index contributed by atoms with van der Waals surface area (Å²) in [6, 6.07) is 7.72. The van der Waals surface area contributed by atoms with Gasteiger partial charge in [-0.2, -0.15) is 0 Å². The van der Waals surface area contributed by atoms with Gasteiger partial charge < -0.3 is 9.64 Å². The van der Waals surface area contributed by atoms with E-state index >= 15 is 0 Å². The van der Waals surface area contributed by atoms with Crippen LogP contribution in [0.15, 0.2) is 43.0 Å². The topological polar surface area (TPSA) is 29.5 Å². The van der Waals surface area contributed by atoms with Crippen LogP contribution < -0.4 is 4.74 Å². The van der Waals surface area contributed by atoms with Gasteiger partial charge in [-0.05, 0) is 36.2 Å². The van der Waals surface area contributed by atoms with E-state index in [9.17, 15) is 4.79 Å². The molecule has 0 saturated carbocycles. The number of amides is 1. The van der Waals surface area contributed by atoms with Crippen molar-refractivity contribution in [1.29, 1.82) is 0 Å². The van der Waals surface area contributed by atoms with Crippen molar-refractivity contribution in [3.8, 4) is 5.75 Å². The Morgan fingerprint density at radius 2 is 2.16 bits per heavy atom. The van der Waals surface area contributed by atoms with Crippen LogP contribution in [0.3, 0.4) is 0 Å².